The van der Waals surface area contributed by atoms with Crippen LogP contribution < -0.4 is 0 Å². The van der Waals surface area contributed by atoms with E-state index in [1.807, 2.05) is 0 Å². The van der Waals surface area contributed by atoms with Gasteiger partial charge in [-0.1, -0.05) is 37.6 Å². The van der Waals surface area contributed by atoms with Gasteiger partial charge in [-0.25, -0.2) is 4.98 Å². The Morgan fingerprint density at radius 2 is 1.89 bits per heavy atom. The number of benzene rings is 1. The van der Waals surface area contributed by atoms with E-state index in [1.54, 1.807) is 0 Å². The molecule has 96 valence electrons. The van der Waals surface area contributed by atoms with Gasteiger partial charge in [0.2, 0.25) is 0 Å². The van der Waals surface area contributed by atoms with Gasteiger partial charge in [-0.3, -0.25) is 0 Å². The van der Waals surface area contributed by atoms with Crippen molar-refractivity contribution in [3.8, 4) is 11.3 Å². The van der Waals surface area contributed by atoms with Crippen molar-refractivity contribution in [2.75, 3.05) is 0 Å². The van der Waals surface area contributed by atoms with Gasteiger partial charge < -0.3 is 4.40 Å². The minimum absolute atomic E-state index is 1.01. The van der Waals surface area contributed by atoms with Crippen LogP contribution in [0.1, 0.15) is 24.5 Å². The van der Waals surface area contributed by atoms with E-state index in [1.165, 1.54) is 23.1 Å². The normalized spacial score (nSPS) is 11.1. The molecule has 1 aromatic carbocycles. The second-order valence-corrected chi connectivity index (χ2v) is 5.04. The summed E-state index contributed by atoms with van der Waals surface area (Å²) in [5.41, 5.74) is 5.86. The summed E-state index contributed by atoms with van der Waals surface area (Å²) in [7, 11) is 0. The maximum Gasteiger partial charge on any atom is 0.137 e. The Labute approximate surface area is 113 Å². The summed E-state index contributed by atoms with van der Waals surface area (Å²) >= 11 is 0. The Morgan fingerprint density at radius 1 is 1.11 bits per heavy atom. The van der Waals surface area contributed by atoms with Crippen LogP contribution in [0.5, 0.6) is 0 Å². The summed E-state index contributed by atoms with van der Waals surface area (Å²) in [4.78, 5) is 4.68. The van der Waals surface area contributed by atoms with E-state index in [0.717, 1.165) is 17.8 Å². The van der Waals surface area contributed by atoms with Gasteiger partial charge in [0.25, 0.3) is 0 Å². The minimum atomic E-state index is 1.01. The number of aryl methyl sites for hydroxylation is 2. The molecule has 19 heavy (non-hydrogen) atoms. The third-order valence-corrected chi connectivity index (χ3v) is 3.40. The fourth-order valence-electron chi connectivity index (χ4n) is 2.35. The Morgan fingerprint density at radius 3 is 2.63 bits per heavy atom. The molecule has 3 aromatic rings. The fourth-order valence-corrected chi connectivity index (χ4v) is 2.35. The first kappa shape index (κ1) is 12.0. The number of hydrogen-bond acceptors (Lipinski definition) is 1. The highest BCUT2D eigenvalue weighted by molar-refractivity contribution is 5.63. The smallest absolute Gasteiger partial charge is 0.137 e. The van der Waals surface area contributed by atoms with Crippen molar-refractivity contribution in [1.82, 2.24) is 9.38 Å². The highest BCUT2D eigenvalue weighted by Gasteiger charge is 2.04. The zero-order valence-electron chi connectivity index (χ0n) is 11.4. The Kier molecular flexibility index (Phi) is 3.08. The number of nitrogens with zero attached hydrogens (tertiary/aromatic N) is 2. The Balaban J connectivity index is 1.99. The molecule has 0 bridgehead atoms. The van der Waals surface area contributed by atoms with Gasteiger partial charge in [-0.15, -0.1) is 0 Å². The molecular formula is C17H18N2. The average molecular weight is 250 g/mol. The van der Waals surface area contributed by atoms with Crippen LogP contribution in [0.25, 0.3) is 16.9 Å². The van der Waals surface area contributed by atoms with Crippen LogP contribution in [0.3, 0.4) is 0 Å². The van der Waals surface area contributed by atoms with Gasteiger partial charge in [-0.2, -0.15) is 0 Å². The number of imidazole rings is 1. The molecule has 0 aliphatic carbocycles. The van der Waals surface area contributed by atoms with E-state index >= 15 is 0 Å². The molecule has 0 amide bonds. The maximum atomic E-state index is 4.68. The van der Waals surface area contributed by atoms with Crippen molar-refractivity contribution in [1.29, 1.82) is 0 Å². The molecular weight excluding hydrogens is 232 g/mol. The van der Waals surface area contributed by atoms with Crippen LogP contribution in [0, 0.1) is 6.92 Å². The summed E-state index contributed by atoms with van der Waals surface area (Å²) in [6.07, 6.45) is 6.48. The average Bonchev–Trinajstić information content (AvgIpc) is 2.83. The highest BCUT2D eigenvalue weighted by atomic mass is 15.0. The standard InChI is InChI=1S/C17H18N2/c1-3-4-14-5-7-15(8-6-14)16-12-19-10-9-13(2)11-17(19)18-16/h5-12H,3-4H2,1-2H3. The number of pyridine rings is 1. The Bertz CT molecular complexity index is 693. The van der Waals surface area contributed by atoms with Crippen LogP contribution in [-0.2, 0) is 6.42 Å². The summed E-state index contributed by atoms with van der Waals surface area (Å²) < 4.78 is 2.07. The molecule has 0 aliphatic rings. The summed E-state index contributed by atoms with van der Waals surface area (Å²) in [6.45, 7) is 4.30. The molecule has 2 heteroatoms. The van der Waals surface area contributed by atoms with E-state index < -0.39 is 0 Å². The SMILES string of the molecule is CCCc1ccc(-c2cn3ccc(C)cc3n2)cc1. The molecule has 2 heterocycles. The number of hydrogen-bond donors (Lipinski definition) is 0. The van der Waals surface area contributed by atoms with Gasteiger partial charge in [0, 0.05) is 18.0 Å². The summed E-state index contributed by atoms with van der Waals surface area (Å²) in [5, 5.41) is 0. The second-order valence-electron chi connectivity index (χ2n) is 5.04. The van der Waals surface area contributed by atoms with E-state index in [2.05, 4.69) is 72.0 Å². The van der Waals surface area contributed by atoms with Crippen LogP contribution in [0.4, 0.5) is 0 Å². The zero-order valence-corrected chi connectivity index (χ0v) is 11.4. The highest BCUT2D eigenvalue weighted by Crippen LogP contribution is 2.20. The maximum absolute atomic E-state index is 4.68. The number of rotatable bonds is 3. The predicted molar refractivity (Wildman–Crippen MR) is 79.4 cm³/mol. The van der Waals surface area contributed by atoms with Crippen molar-refractivity contribution in [3.05, 3.63) is 59.9 Å². The first-order valence-corrected chi connectivity index (χ1v) is 6.81. The lowest BCUT2D eigenvalue weighted by Gasteiger charge is -2.00. The van der Waals surface area contributed by atoms with E-state index in [0.29, 0.717) is 0 Å². The van der Waals surface area contributed by atoms with Crippen molar-refractivity contribution < 1.29 is 0 Å². The van der Waals surface area contributed by atoms with Gasteiger partial charge in [0.1, 0.15) is 5.65 Å². The molecule has 0 saturated heterocycles. The van der Waals surface area contributed by atoms with Gasteiger partial charge in [-0.05, 0) is 36.6 Å². The van der Waals surface area contributed by atoms with Gasteiger partial charge in [0.05, 0.1) is 5.69 Å². The lowest BCUT2D eigenvalue weighted by atomic mass is 10.1. The first-order chi connectivity index (χ1) is 9.26. The molecule has 0 saturated carbocycles. The van der Waals surface area contributed by atoms with Crippen molar-refractivity contribution in [2.45, 2.75) is 26.7 Å². The monoisotopic (exact) mass is 250 g/mol. The molecule has 0 unspecified atom stereocenters. The van der Waals surface area contributed by atoms with Crippen molar-refractivity contribution in [3.63, 3.8) is 0 Å². The van der Waals surface area contributed by atoms with E-state index in [-0.39, 0.29) is 0 Å². The van der Waals surface area contributed by atoms with Gasteiger partial charge in [0.15, 0.2) is 0 Å². The second kappa shape index (κ2) is 4.88. The van der Waals surface area contributed by atoms with Crippen LogP contribution in [-0.4, -0.2) is 9.38 Å². The molecule has 3 rings (SSSR count). The van der Waals surface area contributed by atoms with Crippen molar-refractivity contribution in [2.24, 2.45) is 0 Å². The lowest BCUT2D eigenvalue weighted by Crippen LogP contribution is -1.83. The molecule has 0 fully saturated rings. The van der Waals surface area contributed by atoms with Gasteiger partial charge >= 0.3 is 0 Å². The third-order valence-electron chi connectivity index (χ3n) is 3.40. The molecule has 0 aliphatic heterocycles. The molecule has 0 N–H and O–H groups in total. The summed E-state index contributed by atoms with van der Waals surface area (Å²) in [5.74, 6) is 0. The Hall–Kier alpha value is -2.09. The molecule has 0 spiro atoms. The van der Waals surface area contributed by atoms with E-state index in [4.69, 9.17) is 0 Å². The third kappa shape index (κ3) is 2.39. The lowest BCUT2D eigenvalue weighted by molar-refractivity contribution is 0.922. The molecule has 0 radical (unpaired) electrons. The molecule has 2 aromatic heterocycles. The molecule has 0 atom stereocenters. The topological polar surface area (TPSA) is 17.3 Å². The number of fused-ring (bicyclic) bond motifs is 1. The van der Waals surface area contributed by atoms with Crippen LogP contribution in [0.2, 0.25) is 0 Å². The van der Waals surface area contributed by atoms with Crippen LogP contribution in [0.15, 0.2) is 48.8 Å². The van der Waals surface area contributed by atoms with Crippen LogP contribution >= 0.6 is 0 Å². The fraction of sp³-hybridized carbons (Fsp3) is 0.235. The quantitative estimate of drug-likeness (QED) is 0.679. The van der Waals surface area contributed by atoms with E-state index in [9.17, 15) is 0 Å². The largest absolute Gasteiger partial charge is 0.306 e. The first-order valence-electron chi connectivity index (χ1n) is 6.81. The zero-order chi connectivity index (χ0) is 13.2. The van der Waals surface area contributed by atoms with Crippen molar-refractivity contribution >= 4 is 5.65 Å². The number of aromatic nitrogens is 2. The minimum Gasteiger partial charge on any atom is -0.306 e. The predicted octanol–water partition coefficient (Wildman–Crippen LogP) is 4.26. The summed E-state index contributed by atoms with van der Waals surface area (Å²) in [6, 6.07) is 12.9. The molecule has 2 nitrogen and oxygen atoms in total.